The predicted octanol–water partition coefficient (Wildman–Crippen LogP) is 2.95. The van der Waals surface area contributed by atoms with Crippen molar-refractivity contribution in [1.82, 2.24) is 0 Å². The summed E-state index contributed by atoms with van der Waals surface area (Å²) in [4.78, 5) is 0. The zero-order valence-corrected chi connectivity index (χ0v) is 9.57. The van der Waals surface area contributed by atoms with E-state index in [9.17, 15) is 0 Å². The van der Waals surface area contributed by atoms with Gasteiger partial charge in [0.15, 0.2) is 0 Å². The average Bonchev–Trinajstić information content (AvgIpc) is 2.26. The van der Waals surface area contributed by atoms with Crippen molar-refractivity contribution in [3.8, 4) is 5.75 Å². The van der Waals surface area contributed by atoms with Crippen molar-refractivity contribution >= 4 is 16.8 Å². The summed E-state index contributed by atoms with van der Waals surface area (Å²) in [5, 5.41) is 8.30. The molecule has 0 heterocycles. The number of thioether (sulfide) groups is 1. The highest BCUT2D eigenvalue weighted by Gasteiger charge is 2.05. The van der Waals surface area contributed by atoms with Gasteiger partial charge in [0.1, 0.15) is 5.75 Å². The first-order valence-electron chi connectivity index (χ1n) is 4.52. The smallest absolute Gasteiger partial charge is 0.122 e. The van der Waals surface area contributed by atoms with E-state index in [0.717, 1.165) is 23.3 Å². The third-order valence-electron chi connectivity index (χ3n) is 2.13. The Morgan fingerprint density at radius 2 is 2.21 bits per heavy atom. The number of benzene rings is 1. The number of rotatable bonds is 3. The lowest BCUT2D eigenvalue weighted by Crippen LogP contribution is -1.96. The van der Waals surface area contributed by atoms with Crippen LogP contribution in [-0.4, -0.2) is 18.4 Å². The molecule has 0 aliphatic rings. The van der Waals surface area contributed by atoms with Crippen molar-refractivity contribution in [2.24, 2.45) is 0 Å². The topological polar surface area (TPSA) is 33.1 Å². The first-order valence-corrected chi connectivity index (χ1v) is 5.75. The summed E-state index contributed by atoms with van der Waals surface area (Å²) in [7, 11) is 1.67. The Balaban J connectivity index is 3.07. The number of methoxy groups -OCH3 is 1. The van der Waals surface area contributed by atoms with Gasteiger partial charge in [0.2, 0.25) is 0 Å². The maximum atomic E-state index is 7.70. The summed E-state index contributed by atoms with van der Waals surface area (Å²) in [6, 6.07) is 5.88. The van der Waals surface area contributed by atoms with Gasteiger partial charge in [-0.1, -0.05) is 6.92 Å². The van der Waals surface area contributed by atoms with E-state index in [1.54, 1.807) is 7.11 Å². The van der Waals surface area contributed by atoms with Gasteiger partial charge < -0.3 is 4.74 Å². The van der Waals surface area contributed by atoms with Crippen LogP contribution in [0.4, 0.5) is 0 Å². The fraction of sp³-hybridized carbons (Fsp3) is 0.364. The molecular weight excluding hydrogens is 194 g/mol. The standard InChI is InChI=1S/C11H15NOS/c1-4-8-7-9(11(12)14-3)5-6-10(8)13-2/h5-7,12H,4H2,1-3H3. The normalized spacial score (nSPS) is 9.93. The van der Waals surface area contributed by atoms with E-state index in [1.165, 1.54) is 11.8 Å². The van der Waals surface area contributed by atoms with Gasteiger partial charge in [0.05, 0.1) is 12.2 Å². The number of nitrogens with one attached hydrogen (secondary N) is 1. The summed E-state index contributed by atoms with van der Waals surface area (Å²) >= 11 is 1.45. The molecule has 0 saturated heterocycles. The maximum Gasteiger partial charge on any atom is 0.122 e. The molecule has 0 amide bonds. The van der Waals surface area contributed by atoms with Gasteiger partial charge in [0.25, 0.3) is 0 Å². The van der Waals surface area contributed by atoms with Gasteiger partial charge in [0, 0.05) is 5.56 Å². The molecule has 0 bridgehead atoms. The molecule has 76 valence electrons. The Kier molecular flexibility index (Phi) is 4.01. The third kappa shape index (κ3) is 2.29. The Hall–Kier alpha value is -0.960. The second kappa shape index (κ2) is 5.05. The highest BCUT2D eigenvalue weighted by molar-refractivity contribution is 8.13. The average molecular weight is 209 g/mol. The van der Waals surface area contributed by atoms with Gasteiger partial charge in [-0.25, -0.2) is 0 Å². The van der Waals surface area contributed by atoms with Crippen LogP contribution in [0.5, 0.6) is 5.75 Å². The van der Waals surface area contributed by atoms with Crippen molar-refractivity contribution < 1.29 is 4.74 Å². The Bertz CT molecular complexity index is 336. The van der Waals surface area contributed by atoms with Crippen molar-refractivity contribution in [1.29, 1.82) is 5.41 Å². The monoisotopic (exact) mass is 209 g/mol. The fourth-order valence-corrected chi connectivity index (χ4v) is 1.68. The van der Waals surface area contributed by atoms with E-state index >= 15 is 0 Å². The molecule has 1 aromatic carbocycles. The molecule has 0 fully saturated rings. The van der Waals surface area contributed by atoms with E-state index in [2.05, 4.69) is 6.92 Å². The quantitative estimate of drug-likeness (QED) is 0.613. The molecule has 0 aliphatic heterocycles. The Morgan fingerprint density at radius 1 is 1.50 bits per heavy atom. The summed E-state index contributed by atoms with van der Waals surface area (Å²) in [5.41, 5.74) is 2.12. The van der Waals surface area contributed by atoms with Gasteiger partial charge >= 0.3 is 0 Å². The first kappa shape index (κ1) is 11.1. The highest BCUT2D eigenvalue weighted by Crippen LogP contribution is 2.22. The van der Waals surface area contributed by atoms with E-state index < -0.39 is 0 Å². The number of hydrogen-bond acceptors (Lipinski definition) is 3. The molecule has 1 rings (SSSR count). The predicted molar refractivity (Wildman–Crippen MR) is 62.7 cm³/mol. The van der Waals surface area contributed by atoms with E-state index in [4.69, 9.17) is 10.1 Å². The highest BCUT2D eigenvalue weighted by atomic mass is 32.2. The molecular formula is C11H15NOS. The molecule has 0 aliphatic carbocycles. The van der Waals surface area contributed by atoms with Crippen LogP contribution in [-0.2, 0) is 6.42 Å². The van der Waals surface area contributed by atoms with Gasteiger partial charge in [-0.05, 0) is 36.4 Å². The fourth-order valence-electron chi connectivity index (χ4n) is 1.31. The Morgan fingerprint density at radius 3 is 2.71 bits per heavy atom. The SMILES string of the molecule is CCc1cc(C(=N)SC)ccc1OC. The van der Waals surface area contributed by atoms with Crippen molar-refractivity contribution in [3.05, 3.63) is 29.3 Å². The van der Waals surface area contributed by atoms with E-state index in [0.29, 0.717) is 5.04 Å². The number of hydrogen-bond donors (Lipinski definition) is 1. The second-order valence-electron chi connectivity index (χ2n) is 2.91. The van der Waals surface area contributed by atoms with Crippen LogP contribution in [0.15, 0.2) is 18.2 Å². The minimum Gasteiger partial charge on any atom is -0.496 e. The third-order valence-corrected chi connectivity index (χ3v) is 2.77. The van der Waals surface area contributed by atoms with Gasteiger partial charge in [-0.2, -0.15) is 0 Å². The summed E-state index contributed by atoms with van der Waals surface area (Å²) in [6.45, 7) is 2.09. The lowest BCUT2D eigenvalue weighted by molar-refractivity contribution is 0.410. The van der Waals surface area contributed by atoms with Gasteiger partial charge in [-0.3, -0.25) is 5.41 Å². The van der Waals surface area contributed by atoms with Crippen molar-refractivity contribution in [3.63, 3.8) is 0 Å². The molecule has 1 N–H and O–H groups in total. The van der Waals surface area contributed by atoms with Gasteiger partial charge in [-0.15, -0.1) is 11.8 Å². The van der Waals surface area contributed by atoms with E-state index in [1.807, 2.05) is 24.5 Å². The molecule has 0 radical (unpaired) electrons. The zero-order chi connectivity index (χ0) is 10.6. The molecule has 0 saturated carbocycles. The lowest BCUT2D eigenvalue weighted by atomic mass is 10.1. The first-order chi connectivity index (χ1) is 6.72. The molecule has 0 aromatic heterocycles. The largest absolute Gasteiger partial charge is 0.496 e. The van der Waals surface area contributed by atoms with Crippen LogP contribution < -0.4 is 4.74 Å². The van der Waals surface area contributed by atoms with Crippen LogP contribution >= 0.6 is 11.8 Å². The van der Waals surface area contributed by atoms with E-state index in [-0.39, 0.29) is 0 Å². The number of ether oxygens (including phenoxy) is 1. The maximum absolute atomic E-state index is 7.70. The van der Waals surface area contributed by atoms with Crippen molar-refractivity contribution in [2.75, 3.05) is 13.4 Å². The molecule has 3 heteroatoms. The van der Waals surface area contributed by atoms with Crippen LogP contribution in [0.1, 0.15) is 18.1 Å². The van der Waals surface area contributed by atoms with Crippen molar-refractivity contribution in [2.45, 2.75) is 13.3 Å². The number of aryl methyl sites for hydroxylation is 1. The molecule has 0 atom stereocenters. The van der Waals surface area contributed by atoms with Crippen LogP contribution in [0.25, 0.3) is 0 Å². The Labute approximate surface area is 89.2 Å². The summed E-state index contributed by atoms with van der Waals surface area (Å²) in [5.74, 6) is 0.908. The zero-order valence-electron chi connectivity index (χ0n) is 8.76. The molecule has 2 nitrogen and oxygen atoms in total. The lowest BCUT2D eigenvalue weighted by Gasteiger charge is -2.08. The molecule has 0 unspecified atom stereocenters. The second-order valence-corrected chi connectivity index (χ2v) is 3.73. The van der Waals surface area contributed by atoms with Crippen LogP contribution in [0.3, 0.4) is 0 Å². The van der Waals surface area contributed by atoms with Crippen LogP contribution in [0, 0.1) is 5.41 Å². The molecule has 0 spiro atoms. The van der Waals surface area contributed by atoms with Crippen LogP contribution in [0.2, 0.25) is 0 Å². The minimum absolute atomic E-state index is 0.599. The molecule has 1 aromatic rings. The summed E-state index contributed by atoms with van der Waals surface area (Å²) in [6.07, 6.45) is 2.84. The minimum atomic E-state index is 0.599. The summed E-state index contributed by atoms with van der Waals surface area (Å²) < 4.78 is 5.23. The molecule has 14 heavy (non-hydrogen) atoms.